The summed E-state index contributed by atoms with van der Waals surface area (Å²) >= 11 is 0. The number of anilines is 4. The number of fused-ring (bicyclic) bond motifs is 2. The second-order valence-electron chi connectivity index (χ2n) is 5.10. The van der Waals surface area contributed by atoms with Crippen molar-refractivity contribution in [1.82, 2.24) is 0 Å². The molecule has 0 fully saturated rings. The van der Waals surface area contributed by atoms with Gasteiger partial charge in [0.1, 0.15) is 0 Å². The van der Waals surface area contributed by atoms with Gasteiger partial charge in [-0.05, 0) is 30.7 Å². The Bertz CT molecular complexity index is 840. The number of nitrogens with two attached hydrogens (primary N) is 4. The van der Waals surface area contributed by atoms with Crippen LogP contribution in [0.5, 0.6) is 0 Å². The minimum absolute atomic E-state index is 0.0995. The van der Waals surface area contributed by atoms with Gasteiger partial charge in [-0.15, -0.1) is 0 Å². The maximum atomic E-state index is 12.7. The monoisotopic (exact) mass is 282 g/mol. The molecule has 0 amide bonds. The number of hydrogen-bond acceptors (Lipinski definition) is 6. The van der Waals surface area contributed by atoms with Gasteiger partial charge in [-0.2, -0.15) is 0 Å². The SMILES string of the molecule is Cc1cc(N)c2c(c1N)C(=O)c1c(N)ccc(N)c1C2=O. The molecule has 0 saturated heterocycles. The molecule has 6 heteroatoms. The fraction of sp³-hybridized carbons (Fsp3) is 0.0667. The van der Waals surface area contributed by atoms with E-state index in [1.165, 1.54) is 12.1 Å². The molecule has 2 aromatic carbocycles. The Morgan fingerprint density at radius 3 is 1.67 bits per heavy atom. The van der Waals surface area contributed by atoms with E-state index in [1.807, 2.05) is 0 Å². The lowest BCUT2D eigenvalue weighted by molar-refractivity contribution is 0.0981. The Morgan fingerprint density at radius 1 is 0.714 bits per heavy atom. The average molecular weight is 282 g/mol. The molecule has 8 N–H and O–H groups in total. The van der Waals surface area contributed by atoms with Crippen LogP contribution < -0.4 is 22.9 Å². The molecule has 0 spiro atoms. The van der Waals surface area contributed by atoms with Gasteiger partial charge in [0.15, 0.2) is 11.6 Å². The number of aryl methyl sites for hydroxylation is 1. The van der Waals surface area contributed by atoms with Crippen molar-refractivity contribution in [2.75, 3.05) is 22.9 Å². The van der Waals surface area contributed by atoms with Crippen molar-refractivity contribution in [2.45, 2.75) is 6.92 Å². The van der Waals surface area contributed by atoms with E-state index >= 15 is 0 Å². The molecule has 106 valence electrons. The lowest BCUT2D eigenvalue weighted by Gasteiger charge is -2.23. The van der Waals surface area contributed by atoms with Crippen LogP contribution in [-0.2, 0) is 0 Å². The first-order valence-corrected chi connectivity index (χ1v) is 6.30. The fourth-order valence-electron chi connectivity index (χ4n) is 2.71. The van der Waals surface area contributed by atoms with E-state index in [9.17, 15) is 9.59 Å². The van der Waals surface area contributed by atoms with Gasteiger partial charge in [0.2, 0.25) is 0 Å². The third kappa shape index (κ3) is 1.53. The quantitative estimate of drug-likeness (QED) is 0.455. The van der Waals surface area contributed by atoms with Crippen LogP contribution in [-0.4, -0.2) is 11.6 Å². The Labute approximate surface area is 120 Å². The van der Waals surface area contributed by atoms with Crippen molar-refractivity contribution in [1.29, 1.82) is 0 Å². The maximum absolute atomic E-state index is 12.7. The summed E-state index contributed by atoms with van der Waals surface area (Å²) in [6.07, 6.45) is 0. The van der Waals surface area contributed by atoms with Crippen LogP contribution in [0, 0.1) is 6.92 Å². The summed E-state index contributed by atoms with van der Waals surface area (Å²) in [7, 11) is 0. The molecule has 0 aliphatic heterocycles. The van der Waals surface area contributed by atoms with Gasteiger partial charge < -0.3 is 22.9 Å². The van der Waals surface area contributed by atoms with E-state index in [4.69, 9.17) is 22.9 Å². The zero-order valence-corrected chi connectivity index (χ0v) is 11.4. The largest absolute Gasteiger partial charge is 0.398 e. The molecular weight excluding hydrogens is 268 g/mol. The normalized spacial score (nSPS) is 13.0. The van der Waals surface area contributed by atoms with Gasteiger partial charge in [-0.25, -0.2) is 0 Å². The second-order valence-corrected chi connectivity index (χ2v) is 5.10. The van der Waals surface area contributed by atoms with E-state index in [0.29, 0.717) is 5.56 Å². The van der Waals surface area contributed by atoms with Crippen molar-refractivity contribution in [3.8, 4) is 0 Å². The number of hydrogen-bond donors (Lipinski definition) is 4. The van der Waals surface area contributed by atoms with Crippen LogP contribution in [0.2, 0.25) is 0 Å². The Kier molecular flexibility index (Phi) is 2.47. The second kappa shape index (κ2) is 3.99. The summed E-state index contributed by atoms with van der Waals surface area (Å²) in [5.74, 6) is -0.842. The van der Waals surface area contributed by atoms with Crippen LogP contribution in [0.15, 0.2) is 18.2 Å². The van der Waals surface area contributed by atoms with Crippen LogP contribution in [0.3, 0.4) is 0 Å². The molecular formula is C15H14N4O2. The smallest absolute Gasteiger partial charge is 0.198 e. The van der Waals surface area contributed by atoms with Gasteiger partial charge in [0, 0.05) is 22.7 Å². The van der Waals surface area contributed by atoms with E-state index in [0.717, 1.165) is 0 Å². The van der Waals surface area contributed by atoms with E-state index in [2.05, 4.69) is 0 Å². The molecule has 0 unspecified atom stereocenters. The predicted octanol–water partition coefficient (Wildman–Crippen LogP) is 1.10. The number of benzene rings is 2. The first-order valence-electron chi connectivity index (χ1n) is 6.30. The zero-order chi connectivity index (χ0) is 15.5. The highest BCUT2D eigenvalue weighted by Gasteiger charge is 2.36. The summed E-state index contributed by atoms with van der Waals surface area (Å²) in [5.41, 5.74) is 25.5. The van der Waals surface area contributed by atoms with Crippen LogP contribution in [0.1, 0.15) is 37.4 Å². The number of carbonyl (C=O) groups is 2. The molecule has 0 aromatic heterocycles. The van der Waals surface area contributed by atoms with Crippen molar-refractivity contribution < 1.29 is 9.59 Å². The highest BCUT2D eigenvalue weighted by Crippen LogP contribution is 2.39. The Hall–Kier alpha value is -3.02. The van der Waals surface area contributed by atoms with Gasteiger partial charge in [-0.3, -0.25) is 9.59 Å². The lowest BCUT2D eigenvalue weighted by atomic mass is 9.80. The molecule has 0 radical (unpaired) electrons. The van der Waals surface area contributed by atoms with Gasteiger partial charge in [0.05, 0.1) is 22.3 Å². The molecule has 1 aliphatic carbocycles. The van der Waals surface area contributed by atoms with Crippen LogP contribution in [0.25, 0.3) is 0 Å². The van der Waals surface area contributed by atoms with E-state index in [1.54, 1.807) is 13.0 Å². The number of nitrogen functional groups attached to an aromatic ring is 4. The van der Waals surface area contributed by atoms with E-state index < -0.39 is 11.6 Å². The maximum Gasteiger partial charge on any atom is 0.198 e. The minimum Gasteiger partial charge on any atom is -0.398 e. The first-order chi connectivity index (χ1) is 9.84. The Balaban J connectivity index is 2.47. The summed E-state index contributed by atoms with van der Waals surface area (Å²) in [6.45, 7) is 1.72. The van der Waals surface area contributed by atoms with Gasteiger partial charge in [-0.1, -0.05) is 0 Å². The molecule has 6 nitrogen and oxygen atoms in total. The molecule has 0 saturated carbocycles. The average Bonchev–Trinajstić information content (AvgIpc) is 2.42. The highest BCUT2D eigenvalue weighted by molar-refractivity contribution is 6.34. The number of carbonyl (C=O) groups excluding carboxylic acids is 2. The van der Waals surface area contributed by atoms with E-state index in [-0.39, 0.29) is 45.0 Å². The number of ketones is 2. The standard InChI is InChI=1S/C15H14N4O2/c1-5-4-8(18)11-12(13(5)19)15(21)10-7(17)3-2-6(16)9(10)14(11)20/h2-4H,16-19H2,1H3. The topological polar surface area (TPSA) is 138 Å². The van der Waals surface area contributed by atoms with Crippen molar-refractivity contribution in [3.05, 3.63) is 46.0 Å². The van der Waals surface area contributed by atoms with Crippen molar-refractivity contribution >= 4 is 34.3 Å². The summed E-state index contributed by atoms with van der Waals surface area (Å²) in [6, 6.07) is 4.57. The minimum atomic E-state index is -0.423. The van der Waals surface area contributed by atoms with Crippen molar-refractivity contribution in [2.24, 2.45) is 0 Å². The molecule has 21 heavy (non-hydrogen) atoms. The summed E-state index contributed by atoms with van der Waals surface area (Å²) in [4.78, 5) is 25.4. The van der Waals surface area contributed by atoms with Crippen LogP contribution >= 0.6 is 0 Å². The summed E-state index contributed by atoms with van der Waals surface area (Å²) < 4.78 is 0. The molecule has 0 heterocycles. The highest BCUT2D eigenvalue weighted by atomic mass is 16.1. The molecule has 1 aliphatic rings. The zero-order valence-electron chi connectivity index (χ0n) is 11.4. The summed E-state index contributed by atoms with van der Waals surface area (Å²) in [5, 5.41) is 0. The fourth-order valence-corrected chi connectivity index (χ4v) is 2.71. The van der Waals surface area contributed by atoms with Gasteiger partial charge >= 0.3 is 0 Å². The first kappa shape index (κ1) is 13.0. The molecule has 0 bridgehead atoms. The van der Waals surface area contributed by atoms with Crippen molar-refractivity contribution in [3.63, 3.8) is 0 Å². The lowest BCUT2D eigenvalue weighted by Crippen LogP contribution is -2.26. The third-order valence-corrected chi connectivity index (χ3v) is 3.78. The predicted molar refractivity (Wildman–Crippen MR) is 82.1 cm³/mol. The Morgan fingerprint density at radius 2 is 1.14 bits per heavy atom. The third-order valence-electron chi connectivity index (χ3n) is 3.78. The van der Waals surface area contributed by atoms with Crippen LogP contribution in [0.4, 0.5) is 22.7 Å². The number of rotatable bonds is 0. The molecule has 3 rings (SSSR count). The molecule has 2 aromatic rings. The van der Waals surface area contributed by atoms with Gasteiger partial charge in [0.25, 0.3) is 0 Å². The molecule has 0 atom stereocenters.